The van der Waals surface area contributed by atoms with Gasteiger partial charge in [-0.2, -0.15) is 0 Å². The van der Waals surface area contributed by atoms with Gasteiger partial charge in [0.2, 0.25) is 0 Å². The molecular weight excluding hydrogens is 530 g/mol. The van der Waals surface area contributed by atoms with E-state index in [1.165, 1.54) is 24.3 Å². The number of benzene rings is 3. The second kappa shape index (κ2) is 11.6. The van der Waals surface area contributed by atoms with Crippen LogP contribution in [0.3, 0.4) is 0 Å². The number of carbonyl (C=O) groups is 3. The van der Waals surface area contributed by atoms with Crippen molar-refractivity contribution < 1.29 is 33.7 Å². The number of nitro groups is 2. The summed E-state index contributed by atoms with van der Waals surface area (Å²) in [5.74, 6) is -0.903. The summed E-state index contributed by atoms with van der Waals surface area (Å²) >= 11 is 0.758. The number of hydrogen-bond donors (Lipinski definition) is 0. The number of non-ortho nitro benzene ring substituents is 2. The van der Waals surface area contributed by atoms with E-state index in [0.717, 1.165) is 40.4 Å². The first-order valence-corrected chi connectivity index (χ1v) is 12.1. The Morgan fingerprint density at radius 3 is 2.26 bits per heavy atom. The fourth-order valence-electron chi connectivity index (χ4n) is 3.49. The Labute approximate surface area is 225 Å². The topological polar surface area (TPSA) is 159 Å². The molecule has 0 unspecified atom stereocenters. The highest BCUT2D eigenvalue weighted by atomic mass is 32.2. The van der Waals surface area contributed by atoms with E-state index in [0.29, 0.717) is 11.3 Å². The van der Waals surface area contributed by atoms with E-state index in [-0.39, 0.29) is 29.4 Å². The van der Waals surface area contributed by atoms with Crippen LogP contribution in [0.5, 0.6) is 11.5 Å². The van der Waals surface area contributed by atoms with Crippen molar-refractivity contribution in [3.63, 3.8) is 0 Å². The van der Waals surface area contributed by atoms with E-state index >= 15 is 0 Å². The van der Waals surface area contributed by atoms with Crippen LogP contribution in [-0.2, 0) is 4.79 Å². The zero-order valence-corrected chi connectivity index (χ0v) is 21.1. The zero-order chi connectivity index (χ0) is 28.1. The van der Waals surface area contributed by atoms with Gasteiger partial charge in [0.05, 0.1) is 32.9 Å². The lowest BCUT2D eigenvalue weighted by molar-refractivity contribution is -0.394. The number of nitro benzene ring substituents is 2. The van der Waals surface area contributed by atoms with Gasteiger partial charge in [0.15, 0.2) is 0 Å². The largest absolute Gasteiger partial charge is 0.492 e. The van der Waals surface area contributed by atoms with Crippen molar-refractivity contribution in [2.75, 3.05) is 13.2 Å². The lowest BCUT2D eigenvalue weighted by atomic mass is 10.1. The van der Waals surface area contributed by atoms with Crippen molar-refractivity contribution in [3.05, 3.63) is 109 Å². The Morgan fingerprint density at radius 2 is 1.62 bits per heavy atom. The van der Waals surface area contributed by atoms with Gasteiger partial charge in [-0.05, 0) is 54.6 Å². The molecule has 1 fully saturated rings. The maximum absolute atomic E-state index is 12.8. The van der Waals surface area contributed by atoms with Crippen LogP contribution in [0.1, 0.15) is 21.5 Å². The van der Waals surface area contributed by atoms with Crippen LogP contribution in [0, 0.1) is 27.2 Å². The number of aryl methyl sites for hydroxylation is 1. The van der Waals surface area contributed by atoms with Gasteiger partial charge in [-0.1, -0.05) is 29.8 Å². The number of esters is 1. The molecule has 0 N–H and O–H groups in total. The summed E-state index contributed by atoms with van der Waals surface area (Å²) in [5.41, 5.74) is -0.137. The highest BCUT2D eigenvalue weighted by molar-refractivity contribution is 8.18. The van der Waals surface area contributed by atoms with Crippen molar-refractivity contribution in [1.82, 2.24) is 4.90 Å². The van der Waals surface area contributed by atoms with Crippen LogP contribution < -0.4 is 9.47 Å². The molecule has 4 rings (SSSR count). The van der Waals surface area contributed by atoms with E-state index < -0.39 is 38.3 Å². The van der Waals surface area contributed by atoms with Crippen molar-refractivity contribution in [2.24, 2.45) is 0 Å². The molecular formula is C26H19N3O9S. The lowest BCUT2D eigenvalue weighted by Crippen LogP contribution is -2.32. The second-order valence-corrected chi connectivity index (χ2v) is 9.20. The molecule has 12 nitrogen and oxygen atoms in total. The van der Waals surface area contributed by atoms with Gasteiger partial charge in [0.1, 0.15) is 18.1 Å². The smallest absolute Gasteiger partial charge is 0.344 e. The van der Waals surface area contributed by atoms with Crippen molar-refractivity contribution in [2.45, 2.75) is 6.92 Å². The van der Waals surface area contributed by atoms with Gasteiger partial charge < -0.3 is 9.47 Å². The number of nitrogens with zero attached hydrogens (tertiary/aromatic N) is 3. The maximum Gasteiger partial charge on any atom is 0.344 e. The average Bonchev–Trinajstić information content (AvgIpc) is 3.16. The third-order valence-corrected chi connectivity index (χ3v) is 6.31. The first-order valence-electron chi connectivity index (χ1n) is 11.3. The van der Waals surface area contributed by atoms with Gasteiger partial charge in [0, 0.05) is 12.1 Å². The Kier molecular flexibility index (Phi) is 8.01. The maximum atomic E-state index is 12.8. The number of imide groups is 1. The predicted molar refractivity (Wildman–Crippen MR) is 141 cm³/mol. The summed E-state index contributed by atoms with van der Waals surface area (Å²) in [6.07, 6.45) is 1.46. The summed E-state index contributed by atoms with van der Waals surface area (Å²) in [7, 11) is 0. The van der Waals surface area contributed by atoms with Crippen LogP contribution in [0.4, 0.5) is 16.2 Å². The highest BCUT2D eigenvalue weighted by Gasteiger charge is 2.34. The third-order valence-electron chi connectivity index (χ3n) is 5.40. The van der Waals surface area contributed by atoms with Crippen LogP contribution in [0.25, 0.3) is 6.08 Å². The Hall–Kier alpha value is -5.04. The molecule has 0 radical (unpaired) electrons. The lowest BCUT2D eigenvalue weighted by Gasteiger charge is -2.13. The monoisotopic (exact) mass is 549 g/mol. The molecule has 0 spiro atoms. The Morgan fingerprint density at radius 1 is 0.949 bits per heavy atom. The van der Waals surface area contributed by atoms with Gasteiger partial charge in [-0.15, -0.1) is 0 Å². The summed E-state index contributed by atoms with van der Waals surface area (Å²) in [4.78, 5) is 59.5. The predicted octanol–water partition coefficient (Wildman–Crippen LogP) is 5.15. The molecule has 0 atom stereocenters. The summed E-state index contributed by atoms with van der Waals surface area (Å²) < 4.78 is 10.9. The minimum atomic E-state index is -1.05. The molecule has 3 aromatic rings. The fourth-order valence-corrected chi connectivity index (χ4v) is 4.36. The zero-order valence-electron chi connectivity index (χ0n) is 20.3. The first kappa shape index (κ1) is 27.0. The summed E-state index contributed by atoms with van der Waals surface area (Å²) in [5, 5.41) is 21.7. The molecule has 13 heteroatoms. The quantitative estimate of drug-likeness (QED) is 0.115. The molecule has 198 valence electrons. The molecule has 3 aromatic carbocycles. The molecule has 0 aromatic heterocycles. The fraction of sp³-hybridized carbons (Fsp3) is 0.115. The standard InChI is InChI=1S/C26H19N3O9S/c1-16-5-7-21(8-6-16)37-10-9-27-24(30)23(39-26(27)32)12-17-3-2-4-22(11-17)38-25(31)18-13-19(28(33)34)15-20(14-18)29(35)36/h2-8,11-15H,9-10H2,1H3/b23-12-. The summed E-state index contributed by atoms with van der Waals surface area (Å²) in [6, 6.07) is 15.8. The number of thioether (sulfide) groups is 1. The molecule has 1 aliphatic rings. The summed E-state index contributed by atoms with van der Waals surface area (Å²) in [6.45, 7) is 2.12. The second-order valence-electron chi connectivity index (χ2n) is 8.21. The van der Waals surface area contributed by atoms with E-state index in [4.69, 9.17) is 9.47 Å². The Balaban J connectivity index is 1.44. The molecule has 1 saturated heterocycles. The number of rotatable bonds is 9. The molecule has 39 heavy (non-hydrogen) atoms. The van der Waals surface area contributed by atoms with Gasteiger partial charge >= 0.3 is 5.97 Å². The van der Waals surface area contributed by atoms with Crippen LogP contribution in [0.2, 0.25) is 0 Å². The van der Waals surface area contributed by atoms with E-state index in [2.05, 4.69) is 0 Å². The van der Waals surface area contributed by atoms with E-state index in [1.807, 2.05) is 19.1 Å². The first-order chi connectivity index (χ1) is 18.6. The van der Waals surface area contributed by atoms with E-state index in [1.54, 1.807) is 18.2 Å². The van der Waals surface area contributed by atoms with Gasteiger partial charge in [-0.3, -0.25) is 34.7 Å². The van der Waals surface area contributed by atoms with Crippen LogP contribution >= 0.6 is 11.8 Å². The molecule has 2 amide bonds. The van der Waals surface area contributed by atoms with E-state index in [9.17, 15) is 34.6 Å². The minimum absolute atomic E-state index is 0.0219. The number of hydrogen-bond acceptors (Lipinski definition) is 10. The minimum Gasteiger partial charge on any atom is -0.492 e. The SMILES string of the molecule is Cc1ccc(OCCN2C(=O)S/C(=C\c3cccc(OC(=O)c4cc([N+](=O)[O-])cc([N+](=O)[O-])c4)c3)C2=O)cc1. The van der Waals surface area contributed by atoms with Gasteiger partial charge in [-0.25, -0.2) is 4.79 Å². The molecule has 1 heterocycles. The molecule has 0 saturated carbocycles. The number of amides is 2. The molecule has 0 bridgehead atoms. The number of carbonyl (C=O) groups excluding carboxylic acids is 3. The normalized spacial score (nSPS) is 14.0. The van der Waals surface area contributed by atoms with Gasteiger partial charge in [0.25, 0.3) is 22.5 Å². The van der Waals surface area contributed by atoms with Crippen molar-refractivity contribution >= 4 is 46.3 Å². The average molecular weight is 550 g/mol. The Bertz CT molecular complexity index is 1490. The van der Waals surface area contributed by atoms with Crippen molar-refractivity contribution in [1.29, 1.82) is 0 Å². The highest BCUT2D eigenvalue weighted by Crippen LogP contribution is 2.33. The molecule has 0 aliphatic carbocycles. The van der Waals surface area contributed by atoms with Crippen LogP contribution in [-0.4, -0.2) is 45.0 Å². The van der Waals surface area contributed by atoms with Crippen molar-refractivity contribution in [3.8, 4) is 11.5 Å². The molecule has 1 aliphatic heterocycles. The number of ether oxygens (including phenoxy) is 2. The van der Waals surface area contributed by atoms with Crippen LogP contribution in [0.15, 0.2) is 71.6 Å². The third kappa shape index (κ3) is 6.64.